The molecular weight excluding hydrogens is 256 g/mol. The fourth-order valence-corrected chi connectivity index (χ4v) is 2.40. The van der Waals surface area contributed by atoms with Crippen molar-refractivity contribution in [1.29, 1.82) is 0 Å². The van der Waals surface area contributed by atoms with Gasteiger partial charge in [0.15, 0.2) is 0 Å². The first kappa shape index (κ1) is 14.4. The largest absolute Gasteiger partial charge is 0.467 e. The van der Waals surface area contributed by atoms with E-state index < -0.39 is 12.0 Å². The van der Waals surface area contributed by atoms with Crippen LogP contribution < -0.4 is 10.6 Å². The molecule has 5 nitrogen and oxygen atoms in total. The summed E-state index contributed by atoms with van der Waals surface area (Å²) >= 11 is 0. The van der Waals surface area contributed by atoms with E-state index in [0.29, 0.717) is 6.54 Å². The van der Waals surface area contributed by atoms with Gasteiger partial charge in [-0.25, -0.2) is 4.79 Å². The van der Waals surface area contributed by atoms with E-state index in [1.807, 2.05) is 38.1 Å². The molecule has 0 fully saturated rings. The highest BCUT2D eigenvalue weighted by atomic mass is 16.5. The highest BCUT2D eigenvalue weighted by molar-refractivity contribution is 5.91. The number of esters is 1. The second kappa shape index (κ2) is 5.94. The maximum Gasteiger partial charge on any atom is 0.328 e. The summed E-state index contributed by atoms with van der Waals surface area (Å²) < 4.78 is 4.74. The molecule has 1 aromatic rings. The van der Waals surface area contributed by atoms with Crippen molar-refractivity contribution in [2.45, 2.75) is 25.8 Å². The van der Waals surface area contributed by atoms with Crippen LogP contribution in [0.25, 0.3) is 0 Å². The number of benzene rings is 1. The van der Waals surface area contributed by atoms with Gasteiger partial charge in [-0.3, -0.25) is 4.79 Å². The standard InChI is InChI=1S/C15H20N2O3/c1-9(2)13(15(19)20-3)17-14(18)11-8-16-12-7-5-4-6-10(11)12/h4-7,9,11,13,16H,8H2,1-3H3,(H,17,18). The number of anilines is 1. The molecule has 108 valence electrons. The van der Waals surface area contributed by atoms with Crippen molar-refractivity contribution in [3.05, 3.63) is 29.8 Å². The quantitative estimate of drug-likeness (QED) is 0.818. The minimum Gasteiger partial charge on any atom is -0.467 e. The molecule has 20 heavy (non-hydrogen) atoms. The molecule has 1 aliphatic rings. The third kappa shape index (κ3) is 2.76. The van der Waals surface area contributed by atoms with Crippen LogP contribution in [0.1, 0.15) is 25.3 Å². The summed E-state index contributed by atoms with van der Waals surface area (Å²) in [4.78, 5) is 24.1. The monoisotopic (exact) mass is 276 g/mol. The Hall–Kier alpha value is -2.04. The number of carbonyl (C=O) groups is 2. The van der Waals surface area contributed by atoms with Gasteiger partial charge in [0, 0.05) is 12.2 Å². The minimum absolute atomic E-state index is 0.0176. The lowest BCUT2D eigenvalue weighted by atomic mass is 9.98. The summed E-state index contributed by atoms with van der Waals surface area (Å²) in [6.45, 7) is 4.31. The zero-order chi connectivity index (χ0) is 14.7. The van der Waals surface area contributed by atoms with Gasteiger partial charge in [-0.05, 0) is 17.5 Å². The summed E-state index contributed by atoms with van der Waals surface area (Å²) in [7, 11) is 1.33. The van der Waals surface area contributed by atoms with E-state index in [1.54, 1.807) is 0 Å². The molecule has 1 amide bonds. The van der Waals surface area contributed by atoms with E-state index in [0.717, 1.165) is 11.3 Å². The second-order valence-corrected chi connectivity index (χ2v) is 5.27. The highest BCUT2D eigenvalue weighted by Gasteiger charge is 2.32. The molecule has 1 aliphatic heterocycles. The van der Waals surface area contributed by atoms with E-state index >= 15 is 0 Å². The zero-order valence-corrected chi connectivity index (χ0v) is 12.0. The number of ether oxygens (including phenoxy) is 1. The number of para-hydroxylation sites is 1. The third-order valence-electron chi connectivity index (χ3n) is 3.57. The normalized spacial score (nSPS) is 18.1. The number of nitrogens with one attached hydrogen (secondary N) is 2. The van der Waals surface area contributed by atoms with Crippen LogP contribution in [0.4, 0.5) is 5.69 Å². The minimum atomic E-state index is -0.611. The molecule has 0 spiro atoms. The Morgan fingerprint density at radius 2 is 2.05 bits per heavy atom. The van der Waals surface area contributed by atoms with Crippen molar-refractivity contribution in [2.24, 2.45) is 5.92 Å². The van der Waals surface area contributed by atoms with Crippen molar-refractivity contribution in [1.82, 2.24) is 5.32 Å². The molecule has 0 radical (unpaired) electrons. The molecule has 5 heteroatoms. The molecular formula is C15H20N2O3. The Bertz CT molecular complexity index is 514. The second-order valence-electron chi connectivity index (χ2n) is 5.27. The van der Waals surface area contributed by atoms with E-state index in [9.17, 15) is 9.59 Å². The maximum atomic E-state index is 12.4. The fraction of sp³-hybridized carbons (Fsp3) is 0.467. The van der Waals surface area contributed by atoms with E-state index in [-0.39, 0.29) is 17.7 Å². The van der Waals surface area contributed by atoms with Gasteiger partial charge in [0.05, 0.1) is 13.0 Å². The maximum absolute atomic E-state index is 12.4. The summed E-state index contributed by atoms with van der Waals surface area (Å²) in [5.74, 6) is -0.841. The number of rotatable bonds is 4. The lowest BCUT2D eigenvalue weighted by Crippen LogP contribution is -2.47. The Labute approximate surface area is 118 Å². The first-order valence-electron chi connectivity index (χ1n) is 6.75. The summed E-state index contributed by atoms with van der Waals surface area (Å²) in [5, 5.41) is 6.00. The molecule has 2 rings (SSSR count). The van der Waals surface area contributed by atoms with Crippen LogP contribution >= 0.6 is 0 Å². The average Bonchev–Trinajstić information content (AvgIpc) is 2.87. The number of hydrogen-bond donors (Lipinski definition) is 2. The van der Waals surface area contributed by atoms with Crippen molar-refractivity contribution in [3.8, 4) is 0 Å². The number of methoxy groups -OCH3 is 1. The van der Waals surface area contributed by atoms with Crippen LogP contribution in [-0.4, -0.2) is 31.6 Å². The Balaban J connectivity index is 2.11. The first-order valence-corrected chi connectivity index (χ1v) is 6.75. The molecule has 2 atom stereocenters. The third-order valence-corrected chi connectivity index (χ3v) is 3.57. The Morgan fingerprint density at radius 1 is 1.35 bits per heavy atom. The zero-order valence-electron chi connectivity index (χ0n) is 12.0. The van der Waals surface area contributed by atoms with Crippen LogP contribution in [0.15, 0.2) is 24.3 Å². The van der Waals surface area contributed by atoms with Gasteiger partial charge in [-0.15, -0.1) is 0 Å². The molecule has 0 saturated heterocycles. The number of carbonyl (C=O) groups excluding carboxylic acids is 2. The average molecular weight is 276 g/mol. The summed E-state index contributed by atoms with van der Waals surface area (Å²) in [6.07, 6.45) is 0. The lowest BCUT2D eigenvalue weighted by molar-refractivity contribution is -0.146. The summed E-state index contributed by atoms with van der Waals surface area (Å²) in [5.41, 5.74) is 1.95. The molecule has 0 bridgehead atoms. The molecule has 0 aliphatic carbocycles. The molecule has 1 heterocycles. The molecule has 2 N–H and O–H groups in total. The number of amides is 1. The smallest absolute Gasteiger partial charge is 0.328 e. The van der Waals surface area contributed by atoms with Crippen LogP contribution in [0.3, 0.4) is 0 Å². The van der Waals surface area contributed by atoms with Gasteiger partial charge in [-0.1, -0.05) is 32.0 Å². The highest BCUT2D eigenvalue weighted by Crippen LogP contribution is 2.31. The van der Waals surface area contributed by atoms with E-state index in [4.69, 9.17) is 4.74 Å². The SMILES string of the molecule is COC(=O)C(NC(=O)C1CNc2ccccc21)C(C)C. The molecule has 0 saturated carbocycles. The van der Waals surface area contributed by atoms with Crippen LogP contribution in [0.2, 0.25) is 0 Å². The van der Waals surface area contributed by atoms with Crippen LogP contribution in [0, 0.1) is 5.92 Å². The predicted octanol–water partition coefficient (Wildman–Crippen LogP) is 1.51. The lowest BCUT2D eigenvalue weighted by Gasteiger charge is -2.21. The van der Waals surface area contributed by atoms with Gasteiger partial charge in [0.1, 0.15) is 6.04 Å². The number of fused-ring (bicyclic) bond motifs is 1. The predicted molar refractivity (Wildman–Crippen MR) is 76.5 cm³/mol. The molecule has 1 aromatic carbocycles. The van der Waals surface area contributed by atoms with Crippen molar-refractivity contribution < 1.29 is 14.3 Å². The van der Waals surface area contributed by atoms with Gasteiger partial charge in [0.25, 0.3) is 0 Å². The number of hydrogen-bond acceptors (Lipinski definition) is 4. The van der Waals surface area contributed by atoms with Crippen LogP contribution in [0.5, 0.6) is 0 Å². The van der Waals surface area contributed by atoms with Gasteiger partial charge in [0.2, 0.25) is 5.91 Å². The van der Waals surface area contributed by atoms with Crippen molar-refractivity contribution >= 4 is 17.6 Å². The fourth-order valence-electron chi connectivity index (χ4n) is 2.40. The van der Waals surface area contributed by atoms with Crippen molar-refractivity contribution in [3.63, 3.8) is 0 Å². The van der Waals surface area contributed by atoms with Gasteiger partial charge < -0.3 is 15.4 Å². The Morgan fingerprint density at radius 3 is 2.70 bits per heavy atom. The van der Waals surface area contributed by atoms with Gasteiger partial charge >= 0.3 is 5.97 Å². The first-order chi connectivity index (χ1) is 9.54. The van der Waals surface area contributed by atoms with Crippen LogP contribution in [-0.2, 0) is 14.3 Å². The molecule has 0 aromatic heterocycles. The van der Waals surface area contributed by atoms with Crippen molar-refractivity contribution in [2.75, 3.05) is 19.0 Å². The topological polar surface area (TPSA) is 67.4 Å². The Kier molecular flexibility index (Phi) is 4.27. The van der Waals surface area contributed by atoms with E-state index in [1.165, 1.54) is 7.11 Å². The molecule has 2 unspecified atom stereocenters. The van der Waals surface area contributed by atoms with E-state index in [2.05, 4.69) is 10.6 Å². The van der Waals surface area contributed by atoms with Gasteiger partial charge in [-0.2, -0.15) is 0 Å². The summed E-state index contributed by atoms with van der Waals surface area (Å²) in [6, 6.07) is 7.11.